The predicted octanol–water partition coefficient (Wildman–Crippen LogP) is 1.63. The molecule has 1 aromatic rings. The van der Waals surface area contributed by atoms with E-state index in [4.69, 9.17) is 21.1 Å². The summed E-state index contributed by atoms with van der Waals surface area (Å²) in [5, 5.41) is -0.323. The third kappa shape index (κ3) is 1.91. The van der Waals surface area contributed by atoms with E-state index in [0.717, 1.165) is 0 Å². The van der Waals surface area contributed by atoms with Crippen LogP contribution in [0.1, 0.15) is 6.42 Å². The van der Waals surface area contributed by atoms with E-state index in [0.29, 0.717) is 0 Å². The molecule has 0 N–H and O–H groups in total. The zero-order valence-electron chi connectivity index (χ0n) is 10.3. The Bertz CT molecular complexity index is 687. The molecule has 1 fully saturated rings. The molecule has 1 aliphatic heterocycles. The number of Topliss-reactive ketones (excluding diaryl/α,β-unsaturated/α-hetero) is 1. The van der Waals surface area contributed by atoms with Crippen LogP contribution < -0.4 is 0 Å². The number of hydrogen-bond donors (Lipinski definition) is 0. The summed E-state index contributed by atoms with van der Waals surface area (Å²) in [4.78, 5) is 11.6. The maximum atomic E-state index is 12.7. The van der Waals surface area contributed by atoms with Gasteiger partial charge in [-0.15, -0.1) is 0 Å². The second kappa shape index (κ2) is 4.66. The summed E-state index contributed by atoms with van der Waals surface area (Å²) >= 11 is 5.92. The second-order valence-electron chi connectivity index (χ2n) is 4.51. The number of allylic oxidation sites excluding steroid dienone is 1. The normalized spacial score (nSPS) is 21.9. The number of rotatable bonds is 2. The van der Waals surface area contributed by atoms with Crippen molar-refractivity contribution in [3.63, 3.8) is 0 Å². The van der Waals surface area contributed by atoms with E-state index in [1.807, 2.05) is 0 Å². The van der Waals surface area contributed by atoms with E-state index < -0.39 is 21.4 Å². The van der Waals surface area contributed by atoms with Gasteiger partial charge in [0, 0.05) is 0 Å². The average molecular weight is 315 g/mol. The molecule has 1 aromatic carbocycles. The minimum absolute atomic E-state index is 0.0568. The first-order valence-corrected chi connectivity index (χ1v) is 7.85. The number of ether oxygens (including phenoxy) is 2. The van der Waals surface area contributed by atoms with Gasteiger partial charge in [-0.25, -0.2) is 8.42 Å². The first-order chi connectivity index (χ1) is 9.47. The van der Waals surface area contributed by atoms with Gasteiger partial charge >= 0.3 is 0 Å². The van der Waals surface area contributed by atoms with Gasteiger partial charge in [0.25, 0.3) is 0 Å². The lowest BCUT2D eigenvalue weighted by Gasteiger charge is -2.24. The summed E-state index contributed by atoms with van der Waals surface area (Å²) in [6.45, 7) is 0.455. The van der Waals surface area contributed by atoms with Crippen molar-refractivity contribution in [2.24, 2.45) is 0 Å². The summed E-state index contributed by atoms with van der Waals surface area (Å²) in [6.07, 6.45) is -0.201. The van der Waals surface area contributed by atoms with E-state index in [2.05, 4.69) is 0 Å². The molecular formula is C13H11ClO5S. The third-order valence-corrected chi connectivity index (χ3v) is 5.72. The fraction of sp³-hybridized carbons (Fsp3) is 0.308. The van der Waals surface area contributed by atoms with E-state index in [9.17, 15) is 13.2 Å². The van der Waals surface area contributed by atoms with Gasteiger partial charge in [-0.3, -0.25) is 4.79 Å². The summed E-state index contributed by atoms with van der Waals surface area (Å²) < 4.78 is 36.2. The van der Waals surface area contributed by atoms with E-state index >= 15 is 0 Å². The molecule has 7 heteroatoms. The third-order valence-electron chi connectivity index (χ3n) is 3.26. The van der Waals surface area contributed by atoms with Gasteiger partial charge in [-0.2, -0.15) is 0 Å². The fourth-order valence-corrected chi connectivity index (χ4v) is 4.61. The van der Waals surface area contributed by atoms with Gasteiger partial charge in [0.15, 0.2) is 5.78 Å². The summed E-state index contributed by atoms with van der Waals surface area (Å²) in [7, 11) is -3.94. The molecule has 0 aromatic heterocycles. The van der Waals surface area contributed by atoms with Crippen molar-refractivity contribution in [1.29, 1.82) is 0 Å². The van der Waals surface area contributed by atoms with Crippen molar-refractivity contribution in [1.82, 2.24) is 0 Å². The Kier molecular flexibility index (Phi) is 3.21. The molecule has 1 aliphatic carbocycles. The Hall–Kier alpha value is -1.21. The van der Waals surface area contributed by atoms with Gasteiger partial charge in [0.05, 0.1) is 24.5 Å². The number of benzene rings is 1. The highest BCUT2D eigenvalue weighted by molar-refractivity contribution is 7.95. The summed E-state index contributed by atoms with van der Waals surface area (Å²) in [5.74, 6) is -2.04. The molecule has 1 spiro atoms. The summed E-state index contributed by atoms with van der Waals surface area (Å²) in [6, 6.07) is 7.78. The number of sulfone groups is 1. The number of carbonyl (C=O) groups is 1. The Morgan fingerprint density at radius 3 is 2.30 bits per heavy atom. The number of carbonyl (C=O) groups excluding carboxylic acids is 1. The first-order valence-electron chi connectivity index (χ1n) is 5.99. The van der Waals surface area contributed by atoms with Gasteiger partial charge in [-0.1, -0.05) is 29.8 Å². The van der Waals surface area contributed by atoms with Crippen molar-refractivity contribution in [2.45, 2.75) is 17.1 Å². The Balaban J connectivity index is 2.18. The molecule has 1 heterocycles. The smallest absolute Gasteiger partial charge is 0.215 e. The molecule has 2 aliphatic rings. The lowest BCUT2D eigenvalue weighted by Crippen LogP contribution is -2.34. The molecular weight excluding hydrogens is 304 g/mol. The molecule has 0 unspecified atom stereocenters. The van der Waals surface area contributed by atoms with Gasteiger partial charge in [0.2, 0.25) is 15.6 Å². The SMILES string of the molecule is O=C1CC2(OCCO2)C(S(=O)(=O)c2ccccc2)=C1Cl. The lowest BCUT2D eigenvalue weighted by atomic mass is 10.2. The molecule has 0 saturated carbocycles. The van der Waals surface area contributed by atoms with Crippen LogP contribution in [-0.4, -0.2) is 33.2 Å². The molecule has 5 nitrogen and oxygen atoms in total. The highest BCUT2D eigenvalue weighted by Crippen LogP contribution is 2.46. The molecule has 20 heavy (non-hydrogen) atoms. The first kappa shape index (κ1) is 13.8. The van der Waals surface area contributed by atoms with Crippen LogP contribution in [0.15, 0.2) is 45.2 Å². The van der Waals surface area contributed by atoms with Crippen molar-refractivity contribution in [3.05, 3.63) is 40.3 Å². The summed E-state index contributed by atoms with van der Waals surface area (Å²) in [5.41, 5.74) is 0. The van der Waals surface area contributed by atoms with Crippen LogP contribution in [0.5, 0.6) is 0 Å². The standard InChI is InChI=1S/C13H11ClO5S/c14-11-10(15)8-13(18-6-7-19-13)12(11)20(16,17)9-4-2-1-3-5-9/h1-5H,6-8H2. The van der Waals surface area contributed by atoms with Crippen LogP contribution in [0.4, 0.5) is 0 Å². The van der Waals surface area contributed by atoms with Gasteiger partial charge in [-0.05, 0) is 12.1 Å². The predicted molar refractivity (Wildman–Crippen MR) is 70.8 cm³/mol. The van der Waals surface area contributed by atoms with Crippen molar-refractivity contribution in [3.8, 4) is 0 Å². The Labute approximate surface area is 121 Å². The monoisotopic (exact) mass is 314 g/mol. The van der Waals surface area contributed by atoms with Crippen molar-refractivity contribution >= 4 is 27.2 Å². The van der Waals surface area contributed by atoms with Gasteiger partial charge < -0.3 is 9.47 Å². The topological polar surface area (TPSA) is 69.7 Å². The van der Waals surface area contributed by atoms with Crippen LogP contribution in [0, 0.1) is 0 Å². The molecule has 1 saturated heterocycles. The quantitative estimate of drug-likeness (QED) is 0.829. The molecule has 0 amide bonds. The van der Waals surface area contributed by atoms with E-state index in [-0.39, 0.29) is 34.5 Å². The largest absolute Gasteiger partial charge is 0.342 e. The van der Waals surface area contributed by atoms with Crippen LogP contribution in [0.2, 0.25) is 0 Å². The minimum Gasteiger partial charge on any atom is -0.342 e. The average Bonchev–Trinajstić information content (AvgIpc) is 2.97. The van der Waals surface area contributed by atoms with E-state index in [1.165, 1.54) is 12.1 Å². The van der Waals surface area contributed by atoms with Crippen LogP contribution in [0.3, 0.4) is 0 Å². The zero-order valence-corrected chi connectivity index (χ0v) is 11.9. The van der Waals surface area contributed by atoms with Crippen LogP contribution in [-0.2, 0) is 24.1 Å². The molecule has 0 bridgehead atoms. The fourth-order valence-electron chi connectivity index (χ4n) is 2.39. The maximum Gasteiger partial charge on any atom is 0.215 e. The molecule has 0 radical (unpaired) electrons. The van der Waals surface area contributed by atoms with Gasteiger partial charge in [0.1, 0.15) is 9.94 Å². The number of hydrogen-bond acceptors (Lipinski definition) is 5. The van der Waals surface area contributed by atoms with Crippen LogP contribution >= 0.6 is 11.6 Å². The second-order valence-corrected chi connectivity index (χ2v) is 6.77. The Morgan fingerprint density at radius 1 is 1.10 bits per heavy atom. The lowest BCUT2D eigenvalue weighted by molar-refractivity contribution is -0.137. The van der Waals surface area contributed by atoms with Crippen molar-refractivity contribution in [2.75, 3.05) is 13.2 Å². The Morgan fingerprint density at radius 2 is 1.70 bits per heavy atom. The molecule has 0 atom stereocenters. The van der Waals surface area contributed by atoms with E-state index in [1.54, 1.807) is 18.2 Å². The number of ketones is 1. The molecule has 106 valence electrons. The zero-order chi connectivity index (χ0) is 14.4. The molecule has 3 rings (SSSR count). The van der Waals surface area contributed by atoms with Crippen molar-refractivity contribution < 1.29 is 22.7 Å². The van der Waals surface area contributed by atoms with Crippen LogP contribution in [0.25, 0.3) is 0 Å². The maximum absolute atomic E-state index is 12.7. The highest BCUT2D eigenvalue weighted by atomic mass is 35.5. The number of halogens is 1. The minimum atomic E-state index is -3.94. The highest BCUT2D eigenvalue weighted by Gasteiger charge is 2.55.